The second-order valence-electron chi connectivity index (χ2n) is 3.63. The zero-order valence-electron chi connectivity index (χ0n) is 9.23. The number of benzene rings is 1. The first kappa shape index (κ1) is 11.3. The van der Waals surface area contributed by atoms with Gasteiger partial charge in [-0.2, -0.15) is 0 Å². The molecule has 4 nitrogen and oxygen atoms in total. The second-order valence-corrected chi connectivity index (χ2v) is 3.63. The van der Waals surface area contributed by atoms with Gasteiger partial charge in [0.1, 0.15) is 12.1 Å². The molecule has 0 saturated carbocycles. The average Bonchev–Trinajstić information content (AvgIpc) is 2.34. The van der Waals surface area contributed by atoms with Crippen molar-refractivity contribution in [2.75, 3.05) is 17.6 Å². The van der Waals surface area contributed by atoms with E-state index < -0.39 is 0 Å². The molecule has 3 N–H and O–H groups in total. The van der Waals surface area contributed by atoms with E-state index in [1.807, 2.05) is 0 Å². The van der Waals surface area contributed by atoms with Crippen molar-refractivity contribution in [1.29, 1.82) is 0 Å². The van der Waals surface area contributed by atoms with Gasteiger partial charge in [0, 0.05) is 6.54 Å². The number of rotatable bonds is 4. The van der Waals surface area contributed by atoms with Crippen LogP contribution in [0.25, 0.3) is 0 Å². The molecular weight excluding hydrogens is 219 g/mol. The van der Waals surface area contributed by atoms with Gasteiger partial charge in [0.15, 0.2) is 5.82 Å². The van der Waals surface area contributed by atoms with Crippen molar-refractivity contribution in [3.8, 4) is 0 Å². The van der Waals surface area contributed by atoms with Gasteiger partial charge < -0.3 is 11.1 Å². The number of nitrogens with two attached hydrogens (primary N) is 1. The summed E-state index contributed by atoms with van der Waals surface area (Å²) in [7, 11) is 0. The van der Waals surface area contributed by atoms with Crippen molar-refractivity contribution in [1.82, 2.24) is 9.97 Å². The molecule has 17 heavy (non-hydrogen) atoms. The number of nitrogens with one attached hydrogen (secondary N) is 1. The Bertz CT molecular complexity index is 484. The van der Waals surface area contributed by atoms with E-state index in [2.05, 4.69) is 15.3 Å². The van der Waals surface area contributed by atoms with Crippen molar-refractivity contribution < 1.29 is 4.39 Å². The van der Waals surface area contributed by atoms with Crippen LogP contribution in [0.2, 0.25) is 0 Å². The Morgan fingerprint density at radius 2 is 2.00 bits per heavy atom. The van der Waals surface area contributed by atoms with Crippen LogP contribution in [-0.2, 0) is 6.42 Å². The molecule has 1 aromatic carbocycles. The Morgan fingerprint density at radius 3 is 2.71 bits per heavy atom. The standard InChI is InChI=1S/C12H13FN4/c13-10-3-1-9(2-4-10)5-6-16-12-11(14)7-15-8-17-12/h1-4,7-8H,5-6,14H2,(H,15,16,17). The van der Waals surface area contributed by atoms with Crippen LogP contribution in [-0.4, -0.2) is 16.5 Å². The molecule has 0 fully saturated rings. The molecule has 0 spiro atoms. The number of nitrogen functional groups attached to an aromatic ring is 1. The molecule has 1 aromatic heterocycles. The SMILES string of the molecule is Nc1cncnc1NCCc1ccc(F)cc1. The first-order valence-corrected chi connectivity index (χ1v) is 5.29. The summed E-state index contributed by atoms with van der Waals surface area (Å²) in [6.45, 7) is 0.687. The van der Waals surface area contributed by atoms with Gasteiger partial charge in [0.25, 0.3) is 0 Å². The van der Waals surface area contributed by atoms with E-state index in [0.29, 0.717) is 18.1 Å². The lowest BCUT2D eigenvalue weighted by Gasteiger charge is -2.07. The topological polar surface area (TPSA) is 63.8 Å². The molecule has 1 heterocycles. The van der Waals surface area contributed by atoms with Crippen LogP contribution in [0.15, 0.2) is 36.8 Å². The summed E-state index contributed by atoms with van der Waals surface area (Å²) in [6, 6.07) is 6.43. The lowest BCUT2D eigenvalue weighted by Crippen LogP contribution is -2.08. The summed E-state index contributed by atoms with van der Waals surface area (Å²) >= 11 is 0. The summed E-state index contributed by atoms with van der Waals surface area (Å²) in [5, 5.41) is 3.11. The fourth-order valence-corrected chi connectivity index (χ4v) is 1.46. The number of hydrogen-bond acceptors (Lipinski definition) is 4. The fourth-order valence-electron chi connectivity index (χ4n) is 1.46. The summed E-state index contributed by atoms with van der Waals surface area (Å²) in [5.74, 6) is 0.406. The molecule has 88 valence electrons. The smallest absolute Gasteiger partial charge is 0.152 e. The third kappa shape index (κ3) is 3.14. The Balaban J connectivity index is 1.88. The van der Waals surface area contributed by atoms with Crippen molar-refractivity contribution in [3.05, 3.63) is 48.2 Å². The average molecular weight is 232 g/mol. The van der Waals surface area contributed by atoms with E-state index in [9.17, 15) is 4.39 Å². The Morgan fingerprint density at radius 1 is 1.24 bits per heavy atom. The predicted molar refractivity (Wildman–Crippen MR) is 65.0 cm³/mol. The van der Waals surface area contributed by atoms with Gasteiger partial charge in [-0.15, -0.1) is 0 Å². The normalized spacial score (nSPS) is 10.2. The summed E-state index contributed by atoms with van der Waals surface area (Å²) in [6.07, 6.45) is 3.77. The Labute approximate surface area is 98.7 Å². The van der Waals surface area contributed by atoms with Crippen LogP contribution in [0.3, 0.4) is 0 Å². The lowest BCUT2D eigenvalue weighted by atomic mass is 10.1. The largest absolute Gasteiger partial charge is 0.394 e. The number of hydrogen-bond donors (Lipinski definition) is 2. The van der Waals surface area contributed by atoms with Gasteiger partial charge in [0.05, 0.1) is 11.9 Å². The van der Waals surface area contributed by atoms with E-state index in [0.717, 1.165) is 12.0 Å². The maximum Gasteiger partial charge on any atom is 0.152 e. The van der Waals surface area contributed by atoms with Gasteiger partial charge in [-0.1, -0.05) is 12.1 Å². The first-order valence-electron chi connectivity index (χ1n) is 5.29. The van der Waals surface area contributed by atoms with Gasteiger partial charge >= 0.3 is 0 Å². The highest BCUT2D eigenvalue weighted by Crippen LogP contribution is 2.11. The Kier molecular flexibility index (Phi) is 3.49. The minimum absolute atomic E-state index is 0.221. The van der Waals surface area contributed by atoms with Crippen molar-refractivity contribution in [2.24, 2.45) is 0 Å². The number of nitrogens with zero attached hydrogens (tertiary/aromatic N) is 2. The molecule has 0 aliphatic carbocycles. The minimum atomic E-state index is -0.221. The predicted octanol–water partition coefficient (Wildman–Crippen LogP) is 1.85. The maximum absolute atomic E-state index is 12.7. The zero-order valence-corrected chi connectivity index (χ0v) is 9.23. The van der Waals surface area contributed by atoms with E-state index in [-0.39, 0.29) is 5.82 Å². The van der Waals surface area contributed by atoms with Crippen LogP contribution in [0, 0.1) is 5.82 Å². The molecule has 0 radical (unpaired) electrons. The van der Waals surface area contributed by atoms with Crippen molar-refractivity contribution >= 4 is 11.5 Å². The van der Waals surface area contributed by atoms with Crippen LogP contribution in [0.4, 0.5) is 15.9 Å². The third-order valence-electron chi connectivity index (χ3n) is 2.36. The Hall–Kier alpha value is -2.17. The van der Waals surface area contributed by atoms with Crippen LogP contribution >= 0.6 is 0 Å². The van der Waals surface area contributed by atoms with E-state index in [1.54, 1.807) is 18.3 Å². The molecule has 0 aliphatic rings. The van der Waals surface area contributed by atoms with E-state index >= 15 is 0 Å². The minimum Gasteiger partial charge on any atom is -0.394 e. The first-order chi connectivity index (χ1) is 8.25. The van der Waals surface area contributed by atoms with Crippen LogP contribution < -0.4 is 11.1 Å². The summed E-state index contributed by atoms with van der Waals surface area (Å²) in [5.41, 5.74) is 7.26. The van der Waals surface area contributed by atoms with E-state index in [4.69, 9.17) is 5.73 Å². The molecule has 0 amide bonds. The summed E-state index contributed by atoms with van der Waals surface area (Å²) < 4.78 is 12.7. The van der Waals surface area contributed by atoms with Gasteiger partial charge in [0.2, 0.25) is 0 Å². The van der Waals surface area contributed by atoms with Gasteiger partial charge in [-0.3, -0.25) is 0 Å². The quantitative estimate of drug-likeness (QED) is 0.844. The van der Waals surface area contributed by atoms with Crippen molar-refractivity contribution in [3.63, 3.8) is 0 Å². The van der Waals surface area contributed by atoms with Crippen molar-refractivity contribution in [2.45, 2.75) is 6.42 Å². The fraction of sp³-hybridized carbons (Fsp3) is 0.167. The molecule has 0 aliphatic heterocycles. The number of halogens is 1. The molecular formula is C12H13FN4. The molecule has 0 bridgehead atoms. The highest BCUT2D eigenvalue weighted by Gasteiger charge is 1.99. The second kappa shape index (κ2) is 5.25. The number of aromatic nitrogens is 2. The number of anilines is 2. The summed E-state index contributed by atoms with van der Waals surface area (Å²) in [4.78, 5) is 7.82. The monoisotopic (exact) mass is 232 g/mol. The van der Waals surface area contributed by atoms with Crippen LogP contribution in [0.5, 0.6) is 0 Å². The van der Waals surface area contributed by atoms with Gasteiger partial charge in [-0.25, -0.2) is 14.4 Å². The molecule has 2 rings (SSSR count). The zero-order chi connectivity index (χ0) is 12.1. The maximum atomic E-state index is 12.7. The highest BCUT2D eigenvalue weighted by molar-refractivity contribution is 5.58. The molecule has 0 unspecified atom stereocenters. The molecule has 0 atom stereocenters. The molecule has 0 saturated heterocycles. The van der Waals surface area contributed by atoms with Gasteiger partial charge in [-0.05, 0) is 24.1 Å². The van der Waals surface area contributed by atoms with E-state index in [1.165, 1.54) is 18.5 Å². The van der Waals surface area contributed by atoms with Crippen LogP contribution in [0.1, 0.15) is 5.56 Å². The third-order valence-corrected chi connectivity index (χ3v) is 2.36. The lowest BCUT2D eigenvalue weighted by molar-refractivity contribution is 0.627. The molecule has 2 aromatic rings. The highest BCUT2D eigenvalue weighted by atomic mass is 19.1. The molecule has 5 heteroatoms.